The summed E-state index contributed by atoms with van der Waals surface area (Å²) in [6.45, 7) is 9.72. The van der Waals surface area contributed by atoms with Gasteiger partial charge in [0.2, 0.25) is 0 Å². The van der Waals surface area contributed by atoms with E-state index in [0.29, 0.717) is 36.0 Å². The lowest BCUT2D eigenvalue weighted by Crippen LogP contribution is -2.32. The standard InChI is InChI=1S/C28H35NO6/c1-6-14-34-22-10-7-20(8-11-22)25-24(27(31)28(32)29(25)13-15-33-5)26(30)21-9-12-23(19(4)16-21)35-17-18(2)3/h7-12,16,18,25,30H,6,13-15,17H2,1-5H3/b26-24-. The van der Waals surface area contributed by atoms with E-state index in [1.54, 1.807) is 18.2 Å². The van der Waals surface area contributed by atoms with E-state index in [-0.39, 0.29) is 24.5 Å². The van der Waals surface area contributed by atoms with E-state index in [2.05, 4.69) is 13.8 Å². The van der Waals surface area contributed by atoms with Crippen LogP contribution in [0.15, 0.2) is 48.0 Å². The van der Waals surface area contributed by atoms with Crippen molar-refractivity contribution in [1.82, 2.24) is 4.90 Å². The van der Waals surface area contributed by atoms with Gasteiger partial charge in [-0.1, -0.05) is 32.9 Å². The van der Waals surface area contributed by atoms with E-state index in [4.69, 9.17) is 14.2 Å². The van der Waals surface area contributed by atoms with Gasteiger partial charge in [0, 0.05) is 19.2 Å². The topological polar surface area (TPSA) is 85.3 Å². The van der Waals surface area contributed by atoms with Crippen LogP contribution in [0.2, 0.25) is 0 Å². The van der Waals surface area contributed by atoms with Crippen molar-refractivity contribution in [3.63, 3.8) is 0 Å². The molecule has 188 valence electrons. The number of likely N-dealkylation sites (tertiary alicyclic amines) is 1. The van der Waals surface area contributed by atoms with Crippen molar-refractivity contribution in [2.45, 2.75) is 40.2 Å². The van der Waals surface area contributed by atoms with Crippen LogP contribution in [-0.4, -0.2) is 55.2 Å². The highest BCUT2D eigenvalue weighted by atomic mass is 16.5. The molecule has 1 saturated heterocycles. The Hall–Kier alpha value is -3.32. The number of hydrogen-bond acceptors (Lipinski definition) is 6. The quantitative estimate of drug-likeness (QED) is 0.280. The number of carbonyl (C=O) groups is 2. The fourth-order valence-electron chi connectivity index (χ4n) is 3.98. The third-order valence-electron chi connectivity index (χ3n) is 5.77. The number of aliphatic hydroxyl groups is 1. The van der Waals surface area contributed by atoms with Crippen LogP contribution in [0.4, 0.5) is 0 Å². The van der Waals surface area contributed by atoms with Crippen molar-refractivity contribution in [3.8, 4) is 11.5 Å². The van der Waals surface area contributed by atoms with Crippen LogP contribution < -0.4 is 9.47 Å². The lowest BCUT2D eigenvalue weighted by molar-refractivity contribution is -0.140. The maximum atomic E-state index is 13.1. The predicted molar refractivity (Wildman–Crippen MR) is 135 cm³/mol. The fraction of sp³-hybridized carbons (Fsp3) is 0.429. The number of amides is 1. The van der Waals surface area contributed by atoms with Gasteiger partial charge in [0.15, 0.2) is 0 Å². The average molecular weight is 482 g/mol. The summed E-state index contributed by atoms with van der Waals surface area (Å²) >= 11 is 0. The molecule has 7 nitrogen and oxygen atoms in total. The summed E-state index contributed by atoms with van der Waals surface area (Å²) in [6.07, 6.45) is 0.889. The Kier molecular flexibility index (Phi) is 8.93. The molecule has 0 radical (unpaired) electrons. The van der Waals surface area contributed by atoms with E-state index in [1.807, 2.05) is 38.1 Å². The molecule has 1 heterocycles. The summed E-state index contributed by atoms with van der Waals surface area (Å²) in [5.41, 5.74) is 2.05. The smallest absolute Gasteiger partial charge is 0.295 e. The number of Topliss-reactive ketones (excluding diaryl/α,β-unsaturated/α-hetero) is 1. The minimum atomic E-state index is -0.734. The highest BCUT2D eigenvalue weighted by Crippen LogP contribution is 2.40. The number of nitrogens with zero attached hydrogens (tertiary/aromatic N) is 1. The van der Waals surface area contributed by atoms with Crippen LogP contribution in [0.3, 0.4) is 0 Å². The minimum Gasteiger partial charge on any atom is -0.507 e. The second-order valence-electron chi connectivity index (χ2n) is 9.09. The number of aryl methyl sites for hydroxylation is 1. The maximum absolute atomic E-state index is 13.1. The van der Waals surface area contributed by atoms with E-state index in [0.717, 1.165) is 17.7 Å². The van der Waals surface area contributed by atoms with Gasteiger partial charge in [-0.25, -0.2) is 0 Å². The van der Waals surface area contributed by atoms with Crippen molar-refractivity contribution in [2.24, 2.45) is 5.92 Å². The number of aliphatic hydroxyl groups excluding tert-OH is 1. The third-order valence-corrected chi connectivity index (χ3v) is 5.77. The predicted octanol–water partition coefficient (Wildman–Crippen LogP) is 4.89. The Balaban J connectivity index is 2.03. The van der Waals surface area contributed by atoms with Crippen molar-refractivity contribution in [1.29, 1.82) is 0 Å². The Labute approximate surface area is 207 Å². The molecule has 0 bridgehead atoms. The van der Waals surface area contributed by atoms with Crippen LogP contribution in [0.1, 0.15) is 49.9 Å². The summed E-state index contributed by atoms with van der Waals surface area (Å²) < 4.78 is 16.7. The van der Waals surface area contributed by atoms with Crippen LogP contribution in [-0.2, 0) is 14.3 Å². The van der Waals surface area contributed by atoms with Gasteiger partial charge in [-0.05, 0) is 60.7 Å². The first-order chi connectivity index (χ1) is 16.8. The second-order valence-corrected chi connectivity index (χ2v) is 9.09. The molecular formula is C28H35NO6. The van der Waals surface area contributed by atoms with Crippen LogP contribution in [0, 0.1) is 12.8 Å². The largest absolute Gasteiger partial charge is 0.507 e. The second kappa shape index (κ2) is 11.9. The van der Waals surface area contributed by atoms with E-state index in [1.165, 1.54) is 12.0 Å². The molecule has 3 rings (SSSR count). The molecule has 35 heavy (non-hydrogen) atoms. The molecule has 1 fully saturated rings. The first kappa shape index (κ1) is 26.3. The molecule has 1 atom stereocenters. The SMILES string of the molecule is CCCOc1ccc(C2/C(=C(/O)c3ccc(OCC(C)C)c(C)c3)C(=O)C(=O)N2CCOC)cc1. The summed E-state index contributed by atoms with van der Waals surface area (Å²) in [5.74, 6) is 0.218. The van der Waals surface area contributed by atoms with Crippen molar-refractivity contribution in [2.75, 3.05) is 33.5 Å². The first-order valence-electron chi connectivity index (χ1n) is 12.0. The van der Waals surface area contributed by atoms with E-state index < -0.39 is 17.7 Å². The Morgan fingerprint density at radius 3 is 2.37 bits per heavy atom. The maximum Gasteiger partial charge on any atom is 0.295 e. The summed E-state index contributed by atoms with van der Waals surface area (Å²) in [6, 6.07) is 11.8. The van der Waals surface area contributed by atoms with Gasteiger partial charge in [-0.2, -0.15) is 0 Å². The molecule has 7 heteroatoms. The lowest BCUT2D eigenvalue weighted by atomic mass is 9.94. The number of benzene rings is 2. The van der Waals surface area contributed by atoms with E-state index in [9.17, 15) is 14.7 Å². The number of ether oxygens (including phenoxy) is 3. The molecule has 0 aliphatic carbocycles. The first-order valence-corrected chi connectivity index (χ1v) is 12.0. The number of hydrogen-bond donors (Lipinski definition) is 1. The van der Waals surface area contributed by atoms with Crippen molar-refractivity contribution < 1.29 is 28.9 Å². The molecule has 1 amide bonds. The normalized spacial score (nSPS) is 17.3. The Morgan fingerprint density at radius 1 is 1.06 bits per heavy atom. The van der Waals surface area contributed by atoms with Gasteiger partial charge in [0.25, 0.3) is 11.7 Å². The summed E-state index contributed by atoms with van der Waals surface area (Å²) in [5, 5.41) is 11.3. The highest BCUT2D eigenvalue weighted by molar-refractivity contribution is 6.46. The van der Waals surface area contributed by atoms with Gasteiger partial charge in [0.1, 0.15) is 17.3 Å². The zero-order chi connectivity index (χ0) is 25.5. The molecule has 1 unspecified atom stereocenters. The van der Waals surface area contributed by atoms with Crippen molar-refractivity contribution in [3.05, 3.63) is 64.7 Å². The zero-order valence-corrected chi connectivity index (χ0v) is 21.2. The average Bonchev–Trinajstić information content (AvgIpc) is 3.10. The van der Waals surface area contributed by atoms with Gasteiger partial charge in [-0.3, -0.25) is 9.59 Å². The lowest BCUT2D eigenvalue weighted by Gasteiger charge is -2.25. The monoisotopic (exact) mass is 481 g/mol. The number of ketones is 1. The molecule has 2 aromatic rings. The highest BCUT2D eigenvalue weighted by Gasteiger charge is 2.45. The minimum absolute atomic E-state index is 0.0589. The van der Waals surface area contributed by atoms with Crippen LogP contribution >= 0.6 is 0 Å². The Morgan fingerprint density at radius 2 is 1.77 bits per heavy atom. The molecule has 0 spiro atoms. The molecule has 0 aromatic heterocycles. The molecule has 0 saturated carbocycles. The van der Waals surface area contributed by atoms with Crippen LogP contribution in [0.5, 0.6) is 11.5 Å². The van der Waals surface area contributed by atoms with Crippen molar-refractivity contribution >= 4 is 17.4 Å². The van der Waals surface area contributed by atoms with Gasteiger partial charge < -0.3 is 24.2 Å². The summed E-state index contributed by atoms with van der Waals surface area (Å²) in [4.78, 5) is 27.5. The van der Waals surface area contributed by atoms with Gasteiger partial charge in [0.05, 0.1) is 31.4 Å². The Bertz CT molecular complexity index is 1070. The number of rotatable bonds is 11. The third kappa shape index (κ3) is 6.03. The summed E-state index contributed by atoms with van der Waals surface area (Å²) in [7, 11) is 1.54. The van der Waals surface area contributed by atoms with E-state index >= 15 is 0 Å². The molecular weight excluding hydrogens is 446 g/mol. The van der Waals surface area contributed by atoms with Gasteiger partial charge >= 0.3 is 0 Å². The molecule has 1 aliphatic rings. The van der Waals surface area contributed by atoms with Gasteiger partial charge in [-0.15, -0.1) is 0 Å². The number of methoxy groups -OCH3 is 1. The molecule has 1 aliphatic heterocycles. The number of carbonyl (C=O) groups excluding carboxylic acids is 2. The fourth-order valence-corrected chi connectivity index (χ4v) is 3.98. The zero-order valence-electron chi connectivity index (χ0n) is 21.2. The van der Waals surface area contributed by atoms with Crippen LogP contribution in [0.25, 0.3) is 5.76 Å². The molecule has 2 aromatic carbocycles. The molecule has 1 N–H and O–H groups in total.